The van der Waals surface area contributed by atoms with Gasteiger partial charge in [-0.05, 0) is 19.3 Å². The molecule has 2 fully saturated rings. The summed E-state index contributed by atoms with van der Waals surface area (Å²) in [5.74, 6) is 0.0971. The highest BCUT2D eigenvalue weighted by Crippen LogP contribution is 2.38. The largest absolute Gasteiger partial charge is 0.374 e. The fourth-order valence-corrected chi connectivity index (χ4v) is 2.29. The molecule has 0 aromatic rings. The number of carbonyl (C=O) groups is 1. The van der Waals surface area contributed by atoms with Gasteiger partial charge in [0, 0.05) is 6.54 Å². The Hall–Kier alpha value is -1.08. The molecule has 0 radical (unpaired) electrons. The number of carbonyl (C=O) groups excluding carboxylic acids is 1. The monoisotopic (exact) mass is 194 g/mol. The number of nitrogens with one attached hydrogen (secondary N) is 1. The summed E-state index contributed by atoms with van der Waals surface area (Å²) in [5.41, 5.74) is 0. The van der Waals surface area contributed by atoms with E-state index in [0.29, 0.717) is 19.1 Å². The molecule has 3 unspecified atom stereocenters. The Bertz CT molecular complexity index is 272. The SMILES string of the molecule is N#CCCNC(=O)C1CC2CCC1O2. The highest BCUT2D eigenvalue weighted by molar-refractivity contribution is 5.79. The minimum Gasteiger partial charge on any atom is -0.374 e. The zero-order valence-corrected chi connectivity index (χ0v) is 8.03. The van der Waals surface area contributed by atoms with E-state index in [1.54, 1.807) is 0 Å². The molecule has 4 nitrogen and oxygen atoms in total. The van der Waals surface area contributed by atoms with Crippen LogP contribution in [0.3, 0.4) is 0 Å². The molecule has 2 bridgehead atoms. The van der Waals surface area contributed by atoms with Crippen LogP contribution in [0.15, 0.2) is 0 Å². The molecule has 2 aliphatic rings. The molecular formula is C10H14N2O2. The second-order valence-electron chi connectivity index (χ2n) is 3.92. The van der Waals surface area contributed by atoms with E-state index in [1.165, 1.54) is 0 Å². The zero-order valence-electron chi connectivity index (χ0n) is 8.03. The zero-order chi connectivity index (χ0) is 9.97. The second-order valence-corrected chi connectivity index (χ2v) is 3.92. The molecule has 4 heteroatoms. The smallest absolute Gasteiger partial charge is 0.225 e. The maximum atomic E-state index is 11.6. The lowest BCUT2D eigenvalue weighted by molar-refractivity contribution is -0.126. The molecule has 2 saturated heterocycles. The third-order valence-corrected chi connectivity index (χ3v) is 2.98. The maximum absolute atomic E-state index is 11.6. The predicted octanol–water partition coefficient (Wildman–Crippen LogP) is 0.584. The van der Waals surface area contributed by atoms with Gasteiger partial charge in [-0.1, -0.05) is 0 Å². The first-order valence-electron chi connectivity index (χ1n) is 5.11. The summed E-state index contributed by atoms with van der Waals surface area (Å²) in [6.45, 7) is 0.462. The van der Waals surface area contributed by atoms with E-state index in [1.807, 2.05) is 6.07 Å². The number of rotatable bonds is 3. The number of amides is 1. The summed E-state index contributed by atoms with van der Waals surface area (Å²) in [5, 5.41) is 11.1. The standard InChI is InChI=1S/C10H14N2O2/c11-4-1-5-12-10(13)8-6-7-2-3-9(8)14-7/h7-9H,1-3,5-6H2,(H,12,13). The predicted molar refractivity (Wildman–Crippen MR) is 49.2 cm³/mol. The van der Waals surface area contributed by atoms with Crippen LogP contribution >= 0.6 is 0 Å². The topological polar surface area (TPSA) is 62.1 Å². The van der Waals surface area contributed by atoms with Crippen LogP contribution in [-0.2, 0) is 9.53 Å². The summed E-state index contributed by atoms with van der Waals surface area (Å²) in [7, 11) is 0. The quantitative estimate of drug-likeness (QED) is 0.668. The molecule has 0 aromatic carbocycles. The summed E-state index contributed by atoms with van der Waals surface area (Å²) in [4.78, 5) is 11.6. The van der Waals surface area contributed by atoms with Crippen LogP contribution < -0.4 is 5.32 Å². The molecule has 2 aliphatic heterocycles. The van der Waals surface area contributed by atoms with Crippen LogP contribution in [0.5, 0.6) is 0 Å². The highest BCUT2D eigenvalue weighted by atomic mass is 16.5. The Kier molecular flexibility index (Phi) is 2.69. The minimum absolute atomic E-state index is 0.0347. The van der Waals surface area contributed by atoms with E-state index in [-0.39, 0.29) is 17.9 Å². The fraction of sp³-hybridized carbons (Fsp3) is 0.800. The summed E-state index contributed by atoms with van der Waals surface area (Å²) in [6.07, 6.45) is 3.82. The number of ether oxygens (including phenoxy) is 1. The Balaban J connectivity index is 1.79. The van der Waals surface area contributed by atoms with Crippen LogP contribution in [0.2, 0.25) is 0 Å². The van der Waals surface area contributed by atoms with E-state index in [9.17, 15) is 4.79 Å². The maximum Gasteiger partial charge on any atom is 0.225 e. The van der Waals surface area contributed by atoms with E-state index < -0.39 is 0 Å². The van der Waals surface area contributed by atoms with Crippen molar-refractivity contribution in [2.24, 2.45) is 5.92 Å². The lowest BCUT2D eigenvalue weighted by atomic mass is 9.88. The molecule has 2 heterocycles. The summed E-state index contributed by atoms with van der Waals surface area (Å²) >= 11 is 0. The van der Waals surface area contributed by atoms with Crippen molar-refractivity contribution in [3.05, 3.63) is 0 Å². The van der Waals surface area contributed by atoms with Gasteiger partial charge in [-0.25, -0.2) is 0 Å². The van der Waals surface area contributed by atoms with Gasteiger partial charge in [0.15, 0.2) is 0 Å². The molecule has 2 rings (SSSR count). The third kappa shape index (κ3) is 1.73. The Morgan fingerprint density at radius 3 is 3.00 bits per heavy atom. The molecular weight excluding hydrogens is 180 g/mol. The van der Waals surface area contributed by atoms with Crippen molar-refractivity contribution in [3.63, 3.8) is 0 Å². The number of hydrogen-bond acceptors (Lipinski definition) is 3. The van der Waals surface area contributed by atoms with Gasteiger partial charge in [0.1, 0.15) is 0 Å². The third-order valence-electron chi connectivity index (χ3n) is 2.98. The molecule has 0 saturated carbocycles. The van der Waals surface area contributed by atoms with Crippen LogP contribution in [0.4, 0.5) is 0 Å². The van der Waals surface area contributed by atoms with Crippen molar-refractivity contribution in [1.29, 1.82) is 5.26 Å². The van der Waals surface area contributed by atoms with Crippen molar-refractivity contribution in [2.45, 2.75) is 37.9 Å². The Labute approximate surface area is 83.2 Å². The fourth-order valence-electron chi connectivity index (χ4n) is 2.29. The first kappa shape index (κ1) is 9.47. The second kappa shape index (κ2) is 3.97. The van der Waals surface area contributed by atoms with Gasteiger partial charge in [0.25, 0.3) is 0 Å². The minimum atomic E-state index is 0.0347. The first-order chi connectivity index (χ1) is 6.81. The van der Waals surface area contributed by atoms with Gasteiger partial charge in [-0.2, -0.15) is 5.26 Å². The van der Waals surface area contributed by atoms with Gasteiger partial charge in [-0.15, -0.1) is 0 Å². The number of nitrogens with zero attached hydrogens (tertiary/aromatic N) is 1. The van der Waals surface area contributed by atoms with Crippen LogP contribution in [0.1, 0.15) is 25.7 Å². The van der Waals surface area contributed by atoms with E-state index in [2.05, 4.69) is 5.32 Å². The van der Waals surface area contributed by atoms with Crippen molar-refractivity contribution >= 4 is 5.91 Å². The molecule has 14 heavy (non-hydrogen) atoms. The molecule has 1 N–H and O–H groups in total. The van der Waals surface area contributed by atoms with Gasteiger partial charge in [0.05, 0.1) is 30.6 Å². The van der Waals surface area contributed by atoms with Crippen molar-refractivity contribution < 1.29 is 9.53 Å². The van der Waals surface area contributed by atoms with Gasteiger partial charge >= 0.3 is 0 Å². The molecule has 1 amide bonds. The average Bonchev–Trinajstić information content (AvgIpc) is 2.79. The van der Waals surface area contributed by atoms with Gasteiger partial charge in [0.2, 0.25) is 5.91 Å². The van der Waals surface area contributed by atoms with Crippen molar-refractivity contribution in [1.82, 2.24) is 5.32 Å². The number of nitriles is 1. The lowest BCUT2D eigenvalue weighted by Gasteiger charge is -2.17. The van der Waals surface area contributed by atoms with Crippen LogP contribution in [0.25, 0.3) is 0 Å². The summed E-state index contributed by atoms with van der Waals surface area (Å²) < 4.78 is 5.59. The van der Waals surface area contributed by atoms with E-state index >= 15 is 0 Å². The van der Waals surface area contributed by atoms with Gasteiger partial charge in [-0.3, -0.25) is 4.79 Å². The van der Waals surface area contributed by atoms with E-state index in [0.717, 1.165) is 19.3 Å². The van der Waals surface area contributed by atoms with Crippen molar-refractivity contribution in [3.8, 4) is 6.07 Å². The Morgan fingerprint density at radius 1 is 1.57 bits per heavy atom. The highest BCUT2D eigenvalue weighted by Gasteiger charge is 2.44. The molecule has 0 spiro atoms. The van der Waals surface area contributed by atoms with E-state index in [4.69, 9.17) is 10.00 Å². The molecule has 3 atom stereocenters. The number of fused-ring (bicyclic) bond motifs is 2. The van der Waals surface area contributed by atoms with Crippen LogP contribution in [-0.4, -0.2) is 24.7 Å². The Morgan fingerprint density at radius 2 is 2.43 bits per heavy atom. The van der Waals surface area contributed by atoms with Crippen molar-refractivity contribution in [2.75, 3.05) is 6.54 Å². The first-order valence-corrected chi connectivity index (χ1v) is 5.11. The molecule has 76 valence electrons. The molecule has 0 aliphatic carbocycles. The normalized spacial score (nSPS) is 34.1. The average molecular weight is 194 g/mol. The van der Waals surface area contributed by atoms with Gasteiger partial charge < -0.3 is 10.1 Å². The summed E-state index contributed by atoms with van der Waals surface area (Å²) in [6, 6.07) is 2.00. The van der Waals surface area contributed by atoms with Crippen LogP contribution in [0, 0.1) is 17.2 Å². The number of hydrogen-bond donors (Lipinski definition) is 1. The lowest BCUT2D eigenvalue weighted by Crippen LogP contribution is -2.36. The molecule has 0 aromatic heterocycles.